The van der Waals surface area contributed by atoms with Gasteiger partial charge in [-0.2, -0.15) is 0 Å². The number of thioether (sulfide) groups is 1. The van der Waals surface area contributed by atoms with Crippen LogP contribution in [0.5, 0.6) is 0 Å². The summed E-state index contributed by atoms with van der Waals surface area (Å²) in [5, 5.41) is 0. The largest absolute Gasteiger partial charge is 0.143 e. The summed E-state index contributed by atoms with van der Waals surface area (Å²) in [6, 6.07) is 2.44. The van der Waals surface area contributed by atoms with Crippen molar-refractivity contribution in [3.8, 4) is 0 Å². The van der Waals surface area contributed by atoms with Gasteiger partial charge in [-0.3, -0.25) is 0 Å². The van der Waals surface area contributed by atoms with Crippen LogP contribution in [-0.4, -0.2) is 4.75 Å². The van der Waals surface area contributed by atoms with Gasteiger partial charge >= 0.3 is 0 Å². The molecule has 0 radical (unpaired) electrons. The van der Waals surface area contributed by atoms with Crippen molar-refractivity contribution in [2.24, 2.45) is 5.92 Å². The Hall–Kier alpha value is 0.0500. The fraction of sp³-hybridized carbons (Fsp3) is 0.778. The van der Waals surface area contributed by atoms with E-state index >= 15 is 0 Å². The fourth-order valence-electron chi connectivity index (χ4n) is 1.74. The lowest BCUT2D eigenvalue weighted by Crippen LogP contribution is -2.23. The molecular weight excluding hydrogens is 280 g/mol. The first-order chi connectivity index (χ1) is 8.75. The molecule has 0 atom stereocenters. The Balaban J connectivity index is 3.28. The molecule has 0 aliphatic rings. The second-order valence-corrected chi connectivity index (χ2v) is 11.4. The molecule has 0 unspecified atom stereocenters. The molecular formula is C18H32S2. The summed E-state index contributed by atoms with van der Waals surface area (Å²) in [5.41, 5.74) is 0.467. The molecule has 0 saturated carbocycles. The lowest BCUT2D eigenvalue weighted by Gasteiger charge is -2.30. The quantitative estimate of drug-likeness (QED) is 0.549. The van der Waals surface area contributed by atoms with Crippen LogP contribution in [0.3, 0.4) is 0 Å². The minimum atomic E-state index is 0.226. The van der Waals surface area contributed by atoms with Crippen molar-refractivity contribution >= 4 is 23.1 Å². The molecule has 1 heterocycles. The van der Waals surface area contributed by atoms with Crippen molar-refractivity contribution in [2.75, 3.05) is 0 Å². The third kappa shape index (κ3) is 4.27. The van der Waals surface area contributed by atoms with Crippen LogP contribution >= 0.6 is 23.1 Å². The van der Waals surface area contributed by atoms with E-state index in [-0.39, 0.29) is 15.6 Å². The molecule has 0 aromatic carbocycles. The van der Waals surface area contributed by atoms with E-state index in [1.807, 2.05) is 11.3 Å². The predicted octanol–water partition coefficient (Wildman–Crippen LogP) is 6.87. The Labute approximate surface area is 134 Å². The molecule has 0 spiro atoms. The molecule has 0 fully saturated rings. The first-order valence-electron chi connectivity index (χ1n) is 7.59. The van der Waals surface area contributed by atoms with Gasteiger partial charge in [-0.05, 0) is 22.8 Å². The molecule has 0 aliphatic heterocycles. The lowest BCUT2D eigenvalue weighted by molar-refractivity contribution is 0.503. The van der Waals surface area contributed by atoms with E-state index < -0.39 is 0 Å². The van der Waals surface area contributed by atoms with Crippen molar-refractivity contribution in [3.05, 3.63) is 15.8 Å². The summed E-state index contributed by atoms with van der Waals surface area (Å²) in [4.78, 5) is 4.54. The average Bonchev–Trinajstić information content (AvgIpc) is 2.59. The van der Waals surface area contributed by atoms with Gasteiger partial charge in [-0.25, -0.2) is 0 Å². The van der Waals surface area contributed by atoms with Crippen LogP contribution in [0.1, 0.15) is 79.0 Å². The molecule has 1 rings (SSSR count). The molecule has 1 aromatic heterocycles. The van der Waals surface area contributed by atoms with E-state index in [1.165, 1.54) is 9.77 Å². The van der Waals surface area contributed by atoms with Gasteiger partial charge in [0.1, 0.15) is 0 Å². The summed E-state index contributed by atoms with van der Waals surface area (Å²) >= 11 is 4.06. The summed E-state index contributed by atoms with van der Waals surface area (Å²) < 4.78 is 0.274. The SMILES string of the molecule is CC(C)C(C)(C)Sc1cc(C(C)(C)C)sc1C(C)(C)C. The van der Waals surface area contributed by atoms with Crippen LogP contribution in [-0.2, 0) is 10.8 Å². The Morgan fingerprint density at radius 1 is 0.900 bits per heavy atom. The Morgan fingerprint density at radius 2 is 1.40 bits per heavy atom. The summed E-state index contributed by atoms with van der Waals surface area (Å²) in [5.74, 6) is 0.665. The Morgan fingerprint density at radius 3 is 1.75 bits per heavy atom. The molecule has 116 valence electrons. The standard InChI is InChI=1S/C18H32S2/c1-12(2)18(9,10)20-13-11-14(16(3,4)5)19-15(13)17(6,7)8/h11-12H,1-10H3. The second kappa shape index (κ2) is 5.68. The zero-order valence-corrected chi connectivity index (χ0v) is 16.6. The fourth-order valence-corrected chi connectivity index (χ4v) is 4.62. The molecule has 2 heteroatoms. The molecule has 0 nitrogen and oxygen atoms in total. The Kier molecular flexibility index (Phi) is 5.14. The van der Waals surface area contributed by atoms with Crippen molar-refractivity contribution < 1.29 is 0 Å². The van der Waals surface area contributed by atoms with E-state index in [1.54, 1.807) is 4.88 Å². The van der Waals surface area contributed by atoms with E-state index in [0.717, 1.165) is 0 Å². The first kappa shape index (κ1) is 18.1. The van der Waals surface area contributed by atoms with Crippen LogP contribution in [0.25, 0.3) is 0 Å². The van der Waals surface area contributed by atoms with Crippen LogP contribution in [0.2, 0.25) is 0 Å². The third-order valence-corrected chi connectivity index (χ3v) is 7.54. The molecule has 1 aromatic rings. The highest BCUT2D eigenvalue weighted by Gasteiger charge is 2.31. The van der Waals surface area contributed by atoms with Gasteiger partial charge in [0.2, 0.25) is 0 Å². The van der Waals surface area contributed by atoms with Crippen molar-refractivity contribution in [3.63, 3.8) is 0 Å². The normalized spacial score (nSPS) is 14.2. The highest BCUT2D eigenvalue weighted by molar-refractivity contribution is 8.00. The van der Waals surface area contributed by atoms with Crippen molar-refractivity contribution in [1.82, 2.24) is 0 Å². The van der Waals surface area contributed by atoms with Crippen LogP contribution in [0.15, 0.2) is 11.0 Å². The zero-order chi connectivity index (χ0) is 15.9. The van der Waals surface area contributed by atoms with Crippen molar-refractivity contribution in [2.45, 2.75) is 89.7 Å². The Bertz CT molecular complexity index is 451. The number of hydrogen-bond donors (Lipinski definition) is 0. The number of rotatable bonds is 3. The summed E-state index contributed by atoms with van der Waals surface area (Å²) in [6.07, 6.45) is 0. The van der Waals surface area contributed by atoms with E-state index in [4.69, 9.17) is 0 Å². The predicted molar refractivity (Wildman–Crippen MR) is 96.5 cm³/mol. The van der Waals surface area contributed by atoms with Crippen LogP contribution in [0, 0.1) is 5.92 Å². The van der Waals surface area contributed by atoms with Crippen LogP contribution in [0.4, 0.5) is 0 Å². The monoisotopic (exact) mass is 312 g/mol. The minimum absolute atomic E-state index is 0.226. The van der Waals surface area contributed by atoms with Gasteiger partial charge in [-0.15, -0.1) is 23.1 Å². The van der Waals surface area contributed by atoms with Gasteiger partial charge in [-0.1, -0.05) is 69.2 Å². The second-order valence-electron chi connectivity index (χ2n) is 8.66. The number of thiophene rings is 1. The zero-order valence-electron chi connectivity index (χ0n) is 15.0. The van der Waals surface area contributed by atoms with Crippen LogP contribution < -0.4 is 0 Å². The molecule has 0 amide bonds. The smallest absolute Gasteiger partial charge is 0.0238 e. The van der Waals surface area contributed by atoms with Gasteiger partial charge in [0.25, 0.3) is 0 Å². The van der Waals surface area contributed by atoms with Crippen molar-refractivity contribution in [1.29, 1.82) is 0 Å². The third-order valence-electron chi connectivity index (χ3n) is 3.88. The van der Waals surface area contributed by atoms with Gasteiger partial charge < -0.3 is 0 Å². The minimum Gasteiger partial charge on any atom is -0.143 e. The van der Waals surface area contributed by atoms with E-state index in [2.05, 4.69) is 87.1 Å². The maximum Gasteiger partial charge on any atom is 0.0238 e. The van der Waals surface area contributed by atoms with Gasteiger partial charge in [0, 0.05) is 19.4 Å². The highest BCUT2D eigenvalue weighted by Crippen LogP contribution is 2.47. The van der Waals surface area contributed by atoms with Gasteiger partial charge in [0.15, 0.2) is 0 Å². The average molecular weight is 313 g/mol. The molecule has 0 saturated heterocycles. The van der Waals surface area contributed by atoms with E-state index in [9.17, 15) is 0 Å². The highest BCUT2D eigenvalue weighted by atomic mass is 32.2. The molecule has 20 heavy (non-hydrogen) atoms. The maximum absolute atomic E-state index is 2.44. The van der Waals surface area contributed by atoms with E-state index in [0.29, 0.717) is 5.92 Å². The first-order valence-corrected chi connectivity index (χ1v) is 9.22. The molecule has 0 bridgehead atoms. The number of hydrogen-bond acceptors (Lipinski definition) is 2. The maximum atomic E-state index is 2.44. The summed E-state index contributed by atoms with van der Waals surface area (Å²) in [6.45, 7) is 23.3. The summed E-state index contributed by atoms with van der Waals surface area (Å²) in [7, 11) is 0. The van der Waals surface area contributed by atoms with Gasteiger partial charge in [0.05, 0.1) is 0 Å². The lowest BCUT2D eigenvalue weighted by atomic mass is 9.93. The molecule has 0 N–H and O–H groups in total. The molecule has 0 aliphatic carbocycles. The topological polar surface area (TPSA) is 0 Å².